The maximum atomic E-state index is 12.8. The van der Waals surface area contributed by atoms with Crippen molar-refractivity contribution in [3.8, 4) is 0 Å². The van der Waals surface area contributed by atoms with Gasteiger partial charge in [0, 0.05) is 6.54 Å². The van der Waals surface area contributed by atoms with E-state index in [0.717, 1.165) is 10.5 Å². The first-order chi connectivity index (χ1) is 12.1. The fourth-order valence-electron chi connectivity index (χ4n) is 2.92. The number of hydrogen-bond acceptors (Lipinski definition) is 4. The predicted octanol–water partition coefficient (Wildman–Crippen LogP) is 3.21. The highest BCUT2D eigenvalue weighted by molar-refractivity contribution is 6.05. The van der Waals surface area contributed by atoms with Crippen molar-refractivity contribution in [1.29, 1.82) is 0 Å². The number of hydrogen-bond donors (Lipinski definition) is 0. The number of ether oxygens (including phenoxy) is 1. The summed E-state index contributed by atoms with van der Waals surface area (Å²) >= 11 is 0. The van der Waals surface area contributed by atoms with Crippen molar-refractivity contribution in [1.82, 2.24) is 9.80 Å². The van der Waals surface area contributed by atoms with Crippen molar-refractivity contribution < 1.29 is 19.1 Å². The number of imide groups is 1. The van der Waals surface area contributed by atoms with E-state index in [1.54, 1.807) is 20.8 Å². The van der Waals surface area contributed by atoms with Crippen LogP contribution in [0.2, 0.25) is 0 Å². The Morgan fingerprint density at radius 1 is 1.15 bits per heavy atom. The van der Waals surface area contributed by atoms with E-state index in [0.29, 0.717) is 13.0 Å². The van der Waals surface area contributed by atoms with Crippen molar-refractivity contribution >= 4 is 17.9 Å². The van der Waals surface area contributed by atoms with Gasteiger partial charge >= 0.3 is 12.0 Å². The Morgan fingerprint density at radius 3 is 2.31 bits per heavy atom. The van der Waals surface area contributed by atoms with Crippen LogP contribution in [0, 0.1) is 5.92 Å². The molecule has 1 aliphatic rings. The van der Waals surface area contributed by atoms with Gasteiger partial charge in [-0.25, -0.2) is 14.5 Å². The fraction of sp³-hybridized carbons (Fsp3) is 0.550. The molecule has 1 heterocycles. The quantitative estimate of drug-likeness (QED) is 0.577. The molecule has 6 nitrogen and oxygen atoms in total. The molecule has 0 saturated carbocycles. The summed E-state index contributed by atoms with van der Waals surface area (Å²) in [6.07, 6.45) is 0.381. The SMILES string of the molecule is CC(C)C[C@@H](C(=O)OC(C)(C)C)N1C(=O)CN(Cc2ccccc2)C1=O. The molecule has 142 valence electrons. The molecule has 0 aliphatic carbocycles. The maximum absolute atomic E-state index is 12.8. The number of rotatable bonds is 6. The number of benzene rings is 1. The highest BCUT2D eigenvalue weighted by Gasteiger charge is 2.44. The molecule has 1 aromatic carbocycles. The van der Waals surface area contributed by atoms with E-state index in [1.165, 1.54) is 4.90 Å². The third-order valence-electron chi connectivity index (χ3n) is 3.97. The van der Waals surface area contributed by atoms with Crippen LogP contribution >= 0.6 is 0 Å². The highest BCUT2D eigenvalue weighted by Crippen LogP contribution is 2.23. The van der Waals surface area contributed by atoms with Crippen LogP contribution in [-0.4, -0.2) is 45.9 Å². The lowest BCUT2D eigenvalue weighted by Crippen LogP contribution is -2.48. The van der Waals surface area contributed by atoms with Gasteiger partial charge in [-0.2, -0.15) is 0 Å². The number of nitrogens with zero attached hydrogens (tertiary/aromatic N) is 2. The van der Waals surface area contributed by atoms with Gasteiger partial charge in [-0.15, -0.1) is 0 Å². The molecule has 0 aromatic heterocycles. The van der Waals surface area contributed by atoms with E-state index in [1.807, 2.05) is 44.2 Å². The second-order valence-electron chi connectivity index (χ2n) is 8.07. The van der Waals surface area contributed by atoms with Crippen LogP contribution in [0.15, 0.2) is 30.3 Å². The fourth-order valence-corrected chi connectivity index (χ4v) is 2.92. The van der Waals surface area contributed by atoms with E-state index in [-0.39, 0.29) is 18.4 Å². The van der Waals surface area contributed by atoms with Crippen molar-refractivity contribution in [2.75, 3.05) is 6.54 Å². The van der Waals surface area contributed by atoms with E-state index in [2.05, 4.69) is 0 Å². The maximum Gasteiger partial charge on any atom is 0.329 e. The van der Waals surface area contributed by atoms with Gasteiger partial charge in [0.25, 0.3) is 5.91 Å². The molecular weight excluding hydrogens is 332 g/mol. The second-order valence-corrected chi connectivity index (χ2v) is 8.07. The number of urea groups is 1. The lowest BCUT2D eigenvalue weighted by molar-refractivity contribution is -0.162. The summed E-state index contributed by atoms with van der Waals surface area (Å²) < 4.78 is 5.46. The molecule has 1 fully saturated rings. The minimum atomic E-state index is -0.894. The molecular formula is C20H28N2O4. The average molecular weight is 360 g/mol. The molecule has 0 radical (unpaired) electrons. The van der Waals surface area contributed by atoms with Crippen LogP contribution < -0.4 is 0 Å². The van der Waals surface area contributed by atoms with Crippen molar-refractivity contribution in [2.45, 2.75) is 59.2 Å². The van der Waals surface area contributed by atoms with Crippen LogP contribution in [-0.2, 0) is 20.9 Å². The number of esters is 1. The summed E-state index contributed by atoms with van der Waals surface area (Å²) in [6, 6.07) is 8.15. The number of carbonyl (C=O) groups is 3. The van der Waals surface area contributed by atoms with Gasteiger partial charge in [-0.3, -0.25) is 4.79 Å². The second kappa shape index (κ2) is 7.89. The standard InChI is InChI=1S/C20H28N2O4/c1-14(2)11-16(18(24)26-20(3,4)5)22-17(23)13-21(19(22)25)12-15-9-7-6-8-10-15/h6-10,14,16H,11-13H2,1-5H3/t16-/m0/s1. The first kappa shape index (κ1) is 19.9. The smallest absolute Gasteiger partial charge is 0.329 e. The number of carbonyl (C=O) groups excluding carboxylic acids is 3. The molecule has 0 unspecified atom stereocenters. The minimum absolute atomic E-state index is 0.0227. The summed E-state index contributed by atoms with van der Waals surface area (Å²) in [4.78, 5) is 40.6. The molecule has 0 bridgehead atoms. The van der Waals surface area contributed by atoms with Crippen LogP contribution in [0.5, 0.6) is 0 Å². The summed E-state index contributed by atoms with van der Waals surface area (Å²) in [6.45, 7) is 9.52. The highest BCUT2D eigenvalue weighted by atomic mass is 16.6. The molecule has 3 amide bonds. The van der Waals surface area contributed by atoms with Crippen LogP contribution in [0.4, 0.5) is 4.79 Å². The Kier molecular flexibility index (Phi) is 6.05. The van der Waals surface area contributed by atoms with E-state index in [9.17, 15) is 14.4 Å². The monoisotopic (exact) mass is 360 g/mol. The van der Waals surface area contributed by atoms with Crippen LogP contribution in [0.3, 0.4) is 0 Å². The third kappa shape index (κ3) is 5.07. The summed E-state index contributed by atoms with van der Waals surface area (Å²) in [5, 5.41) is 0. The molecule has 6 heteroatoms. The summed E-state index contributed by atoms with van der Waals surface area (Å²) in [5.74, 6) is -0.756. The molecule has 1 aromatic rings. The zero-order valence-electron chi connectivity index (χ0n) is 16.2. The summed E-state index contributed by atoms with van der Waals surface area (Å²) in [5.41, 5.74) is 0.259. The van der Waals surface area contributed by atoms with E-state index < -0.39 is 23.6 Å². The minimum Gasteiger partial charge on any atom is -0.458 e. The predicted molar refractivity (Wildman–Crippen MR) is 98.2 cm³/mol. The van der Waals surface area contributed by atoms with Crippen LogP contribution in [0.25, 0.3) is 0 Å². The van der Waals surface area contributed by atoms with Gasteiger partial charge in [-0.05, 0) is 38.7 Å². The number of amides is 3. The molecule has 1 saturated heterocycles. The summed E-state index contributed by atoms with van der Waals surface area (Å²) in [7, 11) is 0. The Morgan fingerprint density at radius 2 is 1.77 bits per heavy atom. The van der Waals surface area contributed by atoms with Crippen molar-refractivity contribution in [3.05, 3.63) is 35.9 Å². The van der Waals surface area contributed by atoms with Gasteiger partial charge in [0.15, 0.2) is 0 Å². The van der Waals surface area contributed by atoms with Gasteiger partial charge in [-0.1, -0.05) is 44.2 Å². The lowest BCUT2D eigenvalue weighted by Gasteiger charge is -2.29. The van der Waals surface area contributed by atoms with E-state index in [4.69, 9.17) is 4.74 Å². The van der Waals surface area contributed by atoms with Gasteiger partial charge in [0.05, 0.1) is 0 Å². The average Bonchev–Trinajstić information content (AvgIpc) is 2.78. The molecule has 1 aliphatic heterocycles. The Labute approximate surface area is 155 Å². The largest absolute Gasteiger partial charge is 0.458 e. The first-order valence-corrected chi connectivity index (χ1v) is 8.96. The van der Waals surface area contributed by atoms with Gasteiger partial charge in [0.2, 0.25) is 0 Å². The normalized spacial score (nSPS) is 16.4. The Bertz CT molecular complexity index is 664. The molecule has 26 heavy (non-hydrogen) atoms. The topological polar surface area (TPSA) is 66.9 Å². The third-order valence-corrected chi connectivity index (χ3v) is 3.97. The van der Waals surface area contributed by atoms with Crippen molar-refractivity contribution in [2.24, 2.45) is 5.92 Å². The molecule has 2 rings (SSSR count). The molecule has 0 N–H and O–H groups in total. The van der Waals surface area contributed by atoms with Crippen molar-refractivity contribution in [3.63, 3.8) is 0 Å². The Hall–Kier alpha value is -2.37. The van der Waals surface area contributed by atoms with Gasteiger partial charge in [0.1, 0.15) is 18.2 Å². The molecule has 1 atom stereocenters. The van der Waals surface area contributed by atoms with Gasteiger partial charge < -0.3 is 9.64 Å². The van der Waals surface area contributed by atoms with Crippen LogP contribution in [0.1, 0.15) is 46.6 Å². The van der Waals surface area contributed by atoms with E-state index >= 15 is 0 Å². The lowest BCUT2D eigenvalue weighted by atomic mass is 10.0. The Balaban J connectivity index is 2.20. The zero-order chi connectivity index (χ0) is 19.5. The first-order valence-electron chi connectivity index (χ1n) is 8.96. The molecule has 0 spiro atoms. The zero-order valence-corrected chi connectivity index (χ0v) is 16.2.